The lowest BCUT2D eigenvalue weighted by Gasteiger charge is -2.27. The summed E-state index contributed by atoms with van der Waals surface area (Å²) in [5.41, 5.74) is 8.00. The van der Waals surface area contributed by atoms with Gasteiger partial charge in [-0.05, 0) is 31.4 Å². The van der Waals surface area contributed by atoms with Crippen molar-refractivity contribution in [3.8, 4) is 0 Å². The molecule has 2 unspecified atom stereocenters. The number of carbonyl (C=O) groups is 1. The average molecular weight is 232 g/mol. The molecule has 1 amide bonds. The van der Waals surface area contributed by atoms with Gasteiger partial charge in [-0.2, -0.15) is 0 Å². The highest BCUT2D eigenvalue weighted by Gasteiger charge is 2.28. The summed E-state index contributed by atoms with van der Waals surface area (Å²) < 4.78 is 0. The Morgan fingerprint density at radius 1 is 1.29 bits per heavy atom. The monoisotopic (exact) mass is 232 g/mol. The highest BCUT2D eigenvalue weighted by molar-refractivity contribution is 5.93. The van der Waals surface area contributed by atoms with Gasteiger partial charge in [-0.1, -0.05) is 31.0 Å². The number of amides is 1. The van der Waals surface area contributed by atoms with Crippen LogP contribution in [0.15, 0.2) is 24.3 Å². The SMILES string of the molecule is Cc1ccccc1NC(=O)C1CCCCC1N. The zero-order valence-electron chi connectivity index (χ0n) is 10.3. The van der Waals surface area contributed by atoms with Gasteiger partial charge < -0.3 is 11.1 Å². The molecule has 1 aliphatic carbocycles. The Kier molecular flexibility index (Phi) is 3.79. The Morgan fingerprint density at radius 2 is 2.00 bits per heavy atom. The minimum Gasteiger partial charge on any atom is -0.327 e. The molecule has 1 aromatic carbocycles. The largest absolute Gasteiger partial charge is 0.327 e. The van der Waals surface area contributed by atoms with Crippen LogP contribution in [0, 0.1) is 12.8 Å². The molecule has 0 aliphatic heterocycles. The van der Waals surface area contributed by atoms with E-state index < -0.39 is 0 Å². The molecule has 17 heavy (non-hydrogen) atoms. The van der Waals surface area contributed by atoms with Crippen molar-refractivity contribution in [1.29, 1.82) is 0 Å². The summed E-state index contributed by atoms with van der Waals surface area (Å²) >= 11 is 0. The van der Waals surface area contributed by atoms with E-state index in [2.05, 4.69) is 5.32 Å². The molecule has 1 aromatic rings. The number of para-hydroxylation sites is 1. The van der Waals surface area contributed by atoms with E-state index >= 15 is 0 Å². The highest BCUT2D eigenvalue weighted by Crippen LogP contribution is 2.25. The van der Waals surface area contributed by atoms with Gasteiger partial charge in [0.1, 0.15) is 0 Å². The molecule has 1 aliphatic rings. The first-order valence-electron chi connectivity index (χ1n) is 6.30. The van der Waals surface area contributed by atoms with Gasteiger partial charge in [0.2, 0.25) is 5.91 Å². The Balaban J connectivity index is 2.03. The van der Waals surface area contributed by atoms with Crippen molar-refractivity contribution in [2.75, 3.05) is 5.32 Å². The number of hydrogen-bond acceptors (Lipinski definition) is 2. The van der Waals surface area contributed by atoms with Crippen LogP contribution in [0.5, 0.6) is 0 Å². The molecule has 2 atom stereocenters. The summed E-state index contributed by atoms with van der Waals surface area (Å²) in [6.45, 7) is 2.00. The van der Waals surface area contributed by atoms with Crippen LogP contribution in [0.25, 0.3) is 0 Å². The van der Waals surface area contributed by atoms with Crippen LogP contribution in [0.3, 0.4) is 0 Å². The van der Waals surface area contributed by atoms with Crippen molar-refractivity contribution in [3.05, 3.63) is 29.8 Å². The lowest BCUT2D eigenvalue weighted by Crippen LogP contribution is -2.40. The Labute approximate surface area is 102 Å². The third-order valence-corrected chi connectivity index (χ3v) is 3.56. The minimum absolute atomic E-state index is 0.0211. The van der Waals surface area contributed by atoms with Gasteiger partial charge >= 0.3 is 0 Å². The third kappa shape index (κ3) is 2.86. The third-order valence-electron chi connectivity index (χ3n) is 3.56. The number of rotatable bonds is 2. The van der Waals surface area contributed by atoms with Crippen molar-refractivity contribution in [3.63, 3.8) is 0 Å². The molecule has 0 aromatic heterocycles. The zero-order chi connectivity index (χ0) is 12.3. The molecule has 3 heteroatoms. The van der Waals surface area contributed by atoms with Crippen LogP contribution in [0.4, 0.5) is 5.69 Å². The van der Waals surface area contributed by atoms with Gasteiger partial charge in [0.25, 0.3) is 0 Å². The highest BCUT2D eigenvalue weighted by atomic mass is 16.1. The van der Waals surface area contributed by atoms with E-state index in [-0.39, 0.29) is 17.9 Å². The molecule has 0 heterocycles. The van der Waals surface area contributed by atoms with Crippen LogP contribution in [0.1, 0.15) is 31.2 Å². The fraction of sp³-hybridized carbons (Fsp3) is 0.500. The number of nitrogens with two attached hydrogens (primary N) is 1. The molecular weight excluding hydrogens is 212 g/mol. The molecule has 0 radical (unpaired) electrons. The molecule has 3 nitrogen and oxygen atoms in total. The maximum Gasteiger partial charge on any atom is 0.229 e. The zero-order valence-corrected chi connectivity index (χ0v) is 10.3. The summed E-state index contributed by atoms with van der Waals surface area (Å²) in [4.78, 5) is 12.1. The van der Waals surface area contributed by atoms with Crippen molar-refractivity contribution in [1.82, 2.24) is 0 Å². The summed E-state index contributed by atoms with van der Waals surface area (Å²) in [6.07, 6.45) is 4.14. The smallest absolute Gasteiger partial charge is 0.229 e. The van der Waals surface area contributed by atoms with E-state index in [9.17, 15) is 4.79 Å². The number of benzene rings is 1. The van der Waals surface area contributed by atoms with Crippen molar-refractivity contribution in [2.45, 2.75) is 38.6 Å². The number of anilines is 1. The predicted molar refractivity (Wildman–Crippen MR) is 69.7 cm³/mol. The van der Waals surface area contributed by atoms with Crippen molar-refractivity contribution < 1.29 is 4.79 Å². The Morgan fingerprint density at radius 3 is 2.71 bits per heavy atom. The van der Waals surface area contributed by atoms with Crippen LogP contribution < -0.4 is 11.1 Å². The molecule has 0 bridgehead atoms. The number of aryl methyl sites for hydroxylation is 1. The van der Waals surface area contributed by atoms with E-state index in [0.29, 0.717) is 0 Å². The second-order valence-electron chi connectivity index (χ2n) is 4.86. The van der Waals surface area contributed by atoms with Gasteiger partial charge in [-0.25, -0.2) is 0 Å². The van der Waals surface area contributed by atoms with Crippen LogP contribution in [-0.4, -0.2) is 11.9 Å². The number of carbonyl (C=O) groups excluding carboxylic acids is 1. The summed E-state index contributed by atoms with van der Waals surface area (Å²) in [5, 5.41) is 2.99. The van der Waals surface area contributed by atoms with Gasteiger partial charge in [-0.3, -0.25) is 4.79 Å². The van der Waals surface area contributed by atoms with Gasteiger partial charge in [0.05, 0.1) is 5.92 Å². The molecule has 0 saturated heterocycles. The van der Waals surface area contributed by atoms with Crippen LogP contribution >= 0.6 is 0 Å². The topological polar surface area (TPSA) is 55.1 Å². The van der Waals surface area contributed by atoms with E-state index in [0.717, 1.165) is 36.9 Å². The standard InChI is InChI=1S/C14H20N2O/c1-10-6-2-5-9-13(10)16-14(17)11-7-3-4-8-12(11)15/h2,5-6,9,11-12H,3-4,7-8,15H2,1H3,(H,16,17). The van der Waals surface area contributed by atoms with Gasteiger partial charge in [0.15, 0.2) is 0 Å². The van der Waals surface area contributed by atoms with Gasteiger partial charge in [0, 0.05) is 11.7 Å². The van der Waals surface area contributed by atoms with Gasteiger partial charge in [-0.15, -0.1) is 0 Å². The molecule has 3 N–H and O–H groups in total. The second-order valence-corrected chi connectivity index (χ2v) is 4.86. The molecule has 1 saturated carbocycles. The minimum atomic E-state index is -0.0247. The van der Waals surface area contributed by atoms with Crippen molar-refractivity contribution in [2.24, 2.45) is 11.7 Å². The molecule has 0 spiro atoms. The maximum absolute atomic E-state index is 12.1. The first kappa shape index (κ1) is 12.1. The Hall–Kier alpha value is -1.35. The lowest BCUT2D eigenvalue weighted by molar-refractivity contribution is -0.121. The van der Waals surface area contributed by atoms with Crippen LogP contribution in [-0.2, 0) is 4.79 Å². The maximum atomic E-state index is 12.1. The van der Waals surface area contributed by atoms with Crippen molar-refractivity contribution >= 4 is 11.6 Å². The fourth-order valence-electron chi connectivity index (χ4n) is 2.42. The van der Waals surface area contributed by atoms with Crippen LogP contribution in [0.2, 0.25) is 0 Å². The molecule has 2 rings (SSSR count). The first-order valence-corrected chi connectivity index (χ1v) is 6.30. The predicted octanol–water partition coefficient (Wildman–Crippen LogP) is 2.45. The molecule has 92 valence electrons. The quantitative estimate of drug-likeness (QED) is 0.823. The average Bonchev–Trinajstić information content (AvgIpc) is 2.32. The summed E-state index contributed by atoms with van der Waals surface area (Å²) in [5.74, 6) is 0.0508. The Bertz CT molecular complexity index is 403. The van der Waals surface area contributed by atoms with E-state index in [1.807, 2.05) is 31.2 Å². The fourth-order valence-corrected chi connectivity index (χ4v) is 2.42. The molecule has 1 fully saturated rings. The van der Waals surface area contributed by atoms with E-state index in [1.165, 1.54) is 0 Å². The second kappa shape index (κ2) is 5.32. The number of hydrogen-bond donors (Lipinski definition) is 2. The van der Waals surface area contributed by atoms with E-state index in [4.69, 9.17) is 5.73 Å². The summed E-state index contributed by atoms with van der Waals surface area (Å²) in [7, 11) is 0. The lowest BCUT2D eigenvalue weighted by atomic mass is 9.84. The van der Waals surface area contributed by atoms with E-state index in [1.54, 1.807) is 0 Å². The molecular formula is C14H20N2O. The first-order chi connectivity index (χ1) is 8.18. The number of nitrogens with one attached hydrogen (secondary N) is 1. The normalized spacial score (nSPS) is 24.4. The summed E-state index contributed by atoms with van der Waals surface area (Å²) in [6, 6.07) is 7.85.